The highest BCUT2D eigenvalue weighted by Crippen LogP contribution is 2.60. The molecule has 0 aliphatic heterocycles. The van der Waals surface area contributed by atoms with E-state index < -0.39 is 23.2 Å². The molecule has 0 saturated carbocycles. The molecule has 1 atom stereocenters. The Kier molecular flexibility index (Phi) is 9.30. The van der Waals surface area contributed by atoms with Crippen LogP contribution in [0.4, 0.5) is 11.4 Å². The Bertz CT molecular complexity index is 1370. The van der Waals surface area contributed by atoms with Gasteiger partial charge in [-0.1, -0.05) is 60.7 Å². The van der Waals surface area contributed by atoms with Crippen LogP contribution in [-0.4, -0.2) is 9.85 Å². The Labute approximate surface area is 225 Å². The summed E-state index contributed by atoms with van der Waals surface area (Å²) in [5.41, 5.74) is 2.68. The molecule has 0 aliphatic rings. The molecule has 0 aliphatic carbocycles. The maximum Gasteiger partial charge on any atom is 0.352 e. The van der Waals surface area contributed by atoms with E-state index in [1.165, 1.54) is 48.5 Å². The van der Waals surface area contributed by atoms with Crippen molar-refractivity contribution in [3.63, 3.8) is 0 Å². The largest absolute Gasteiger partial charge is 0.352 e. The number of hydrogen-bond acceptors (Lipinski definition) is 8. The van der Waals surface area contributed by atoms with Crippen molar-refractivity contribution in [2.75, 3.05) is 0 Å². The second kappa shape index (κ2) is 13.0. The number of hydrogen-bond donors (Lipinski definition) is 1. The van der Waals surface area contributed by atoms with E-state index in [1.54, 1.807) is 0 Å². The van der Waals surface area contributed by atoms with Crippen molar-refractivity contribution in [2.45, 2.75) is 25.5 Å². The lowest BCUT2D eigenvalue weighted by Gasteiger charge is -2.28. The smallest absolute Gasteiger partial charge is 0.302 e. The number of non-ortho nitro benzene ring substituents is 2. The first-order valence-electron chi connectivity index (χ1n) is 12.0. The molecule has 11 heteroatoms. The van der Waals surface area contributed by atoms with Gasteiger partial charge >= 0.3 is 7.60 Å². The third-order valence-corrected chi connectivity index (χ3v) is 7.98. The molecule has 0 heterocycles. The van der Waals surface area contributed by atoms with E-state index in [2.05, 4.69) is 5.32 Å². The standard InChI is InChI=1S/C28H26N3O7P/c32-30(33)26-15-11-23(12-16-26)20-37-39(36,38-21-24-13-17-27(18-14-24)31(34)35)28(25-9-5-2-6-10-25)29-19-22-7-3-1-4-8-22/h1-18,28-29H,19-21H2/t28-/m0/s1. The molecule has 0 radical (unpaired) electrons. The van der Waals surface area contributed by atoms with Gasteiger partial charge in [-0.3, -0.25) is 30.1 Å². The average Bonchev–Trinajstić information content (AvgIpc) is 2.97. The van der Waals surface area contributed by atoms with Crippen LogP contribution >= 0.6 is 7.60 Å². The topological polar surface area (TPSA) is 134 Å². The summed E-state index contributed by atoms with van der Waals surface area (Å²) in [5.74, 6) is -0.852. The molecule has 39 heavy (non-hydrogen) atoms. The van der Waals surface area contributed by atoms with Gasteiger partial charge in [-0.2, -0.15) is 0 Å². The fourth-order valence-corrected chi connectivity index (χ4v) is 5.68. The molecule has 1 N–H and O–H groups in total. The summed E-state index contributed by atoms with van der Waals surface area (Å²) < 4.78 is 26.5. The first kappa shape index (κ1) is 27.8. The Morgan fingerprint density at radius 2 is 1.08 bits per heavy atom. The Balaban J connectivity index is 1.62. The number of nitrogens with one attached hydrogen (secondary N) is 1. The van der Waals surface area contributed by atoms with Gasteiger partial charge in [0.05, 0.1) is 23.1 Å². The highest BCUT2D eigenvalue weighted by molar-refractivity contribution is 7.54. The van der Waals surface area contributed by atoms with Crippen LogP contribution in [0.3, 0.4) is 0 Å². The number of nitro groups is 2. The normalized spacial score (nSPS) is 12.1. The van der Waals surface area contributed by atoms with Gasteiger partial charge in [0.2, 0.25) is 0 Å². The van der Waals surface area contributed by atoms with Crippen LogP contribution in [0.2, 0.25) is 0 Å². The zero-order valence-electron chi connectivity index (χ0n) is 20.8. The summed E-state index contributed by atoms with van der Waals surface area (Å²) in [6, 6.07) is 30.3. The van der Waals surface area contributed by atoms with Crippen LogP contribution in [0.5, 0.6) is 0 Å². The van der Waals surface area contributed by atoms with Crippen molar-refractivity contribution in [1.82, 2.24) is 5.32 Å². The fourth-order valence-electron chi connectivity index (χ4n) is 3.80. The average molecular weight is 548 g/mol. The number of nitrogens with zero attached hydrogens (tertiary/aromatic N) is 2. The molecule has 0 fully saturated rings. The van der Waals surface area contributed by atoms with Crippen LogP contribution < -0.4 is 5.32 Å². The van der Waals surface area contributed by atoms with Crippen LogP contribution in [0.1, 0.15) is 28.0 Å². The minimum Gasteiger partial charge on any atom is -0.302 e. The second-order valence-electron chi connectivity index (χ2n) is 8.61. The lowest BCUT2D eigenvalue weighted by molar-refractivity contribution is -0.385. The van der Waals surface area contributed by atoms with Crippen LogP contribution in [0.25, 0.3) is 0 Å². The van der Waals surface area contributed by atoms with Crippen molar-refractivity contribution < 1.29 is 23.5 Å². The summed E-state index contributed by atoms with van der Waals surface area (Å²) in [4.78, 5) is 21.0. The molecular weight excluding hydrogens is 521 g/mol. The molecule has 4 aromatic carbocycles. The summed E-state index contributed by atoms with van der Waals surface area (Å²) in [5, 5.41) is 25.3. The predicted molar refractivity (Wildman–Crippen MR) is 146 cm³/mol. The molecule has 0 unspecified atom stereocenters. The van der Waals surface area contributed by atoms with E-state index in [0.29, 0.717) is 23.2 Å². The SMILES string of the molecule is O=[N+]([O-])c1ccc(COP(=O)(OCc2ccc([N+](=O)[O-])cc2)[C@H](NCc2ccccc2)c2ccccc2)cc1. The summed E-state index contributed by atoms with van der Waals surface area (Å²) in [6.45, 7) is 0.143. The minimum atomic E-state index is -3.96. The van der Waals surface area contributed by atoms with E-state index in [4.69, 9.17) is 9.05 Å². The third-order valence-electron chi connectivity index (χ3n) is 5.89. The van der Waals surface area contributed by atoms with E-state index in [0.717, 1.165) is 5.56 Å². The number of benzene rings is 4. The lowest BCUT2D eigenvalue weighted by atomic mass is 10.2. The van der Waals surface area contributed by atoms with Crippen molar-refractivity contribution in [3.8, 4) is 0 Å². The molecule has 10 nitrogen and oxygen atoms in total. The summed E-state index contributed by atoms with van der Waals surface area (Å²) >= 11 is 0. The quantitative estimate of drug-likeness (QED) is 0.108. The highest BCUT2D eigenvalue weighted by Gasteiger charge is 2.37. The maximum absolute atomic E-state index is 14.5. The molecule has 0 bridgehead atoms. The van der Waals surface area contributed by atoms with Crippen molar-refractivity contribution in [2.24, 2.45) is 0 Å². The monoisotopic (exact) mass is 547 g/mol. The number of nitro benzene ring substituents is 2. The molecule has 200 valence electrons. The van der Waals surface area contributed by atoms with E-state index in [9.17, 15) is 24.8 Å². The van der Waals surface area contributed by atoms with Crippen LogP contribution in [0, 0.1) is 20.2 Å². The van der Waals surface area contributed by atoms with Gasteiger partial charge in [-0.05, 0) is 46.5 Å². The van der Waals surface area contributed by atoms with Crippen molar-refractivity contribution in [3.05, 3.63) is 152 Å². The van der Waals surface area contributed by atoms with Crippen LogP contribution in [0.15, 0.2) is 109 Å². The lowest BCUT2D eigenvalue weighted by Crippen LogP contribution is -2.23. The molecule has 0 amide bonds. The van der Waals surface area contributed by atoms with Crippen molar-refractivity contribution >= 4 is 19.0 Å². The van der Waals surface area contributed by atoms with Gasteiger partial charge in [0.25, 0.3) is 11.4 Å². The van der Waals surface area contributed by atoms with E-state index >= 15 is 0 Å². The molecule has 0 spiro atoms. The number of rotatable bonds is 13. The van der Waals surface area contributed by atoms with Crippen LogP contribution in [-0.2, 0) is 33.4 Å². The van der Waals surface area contributed by atoms with Gasteiger partial charge in [0.1, 0.15) is 5.78 Å². The maximum atomic E-state index is 14.5. The molecular formula is C28H26N3O7P. The highest BCUT2D eigenvalue weighted by atomic mass is 31.2. The predicted octanol–water partition coefficient (Wildman–Crippen LogP) is 6.92. The van der Waals surface area contributed by atoms with Gasteiger partial charge in [-0.15, -0.1) is 0 Å². The molecule has 0 aromatic heterocycles. The fraction of sp³-hybridized carbons (Fsp3) is 0.143. The van der Waals surface area contributed by atoms with Gasteiger partial charge in [-0.25, -0.2) is 0 Å². The zero-order valence-corrected chi connectivity index (χ0v) is 21.7. The Morgan fingerprint density at radius 1 is 0.641 bits per heavy atom. The first-order valence-corrected chi connectivity index (χ1v) is 13.6. The molecule has 4 aromatic rings. The zero-order chi connectivity index (χ0) is 27.7. The van der Waals surface area contributed by atoms with Gasteiger partial charge in [0.15, 0.2) is 0 Å². The third kappa shape index (κ3) is 7.66. The summed E-state index contributed by atoms with van der Waals surface area (Å²) in [7, 11) is -3.96. The Morgan fingerprint density at radius 3 is 1.51 bits per heavy atom. The Hall–Kier alpha value is -4.21. The first-order chi connectivity index (χ1) is 18.8. The minimum absolute atomic E-state index is 0.0666. The van der Waals surface area contributed by atoms with Gasteiger partial charge < -0.3 is 9.05 Å². The molecule has 4 rings (SSSR count). The van der Waals surface area contributed by atoms with E-state index in [1.807, 2.05) is 60.7 Å². The second-order valence-corrected chi connectivity index (χ2v) is 10.7. The van der Waals surface area contributed by atoms with Gasteiger partial charge in [0, 0.05) is 30.8 Å². The van der Waals surface area contributed by atoms with E-state index in [-0.39, 0.29) is 24.6 Å². The van der Waals surface area contributed by atoms with Crippen molar-refractivity contribution in [1.29, 1.82) is 0 Å². The summed E-state index contributed by atoms with van der Waals surface area (Å²) in [6.07, 6.45) is 0. The molecule has 0 saturated heterocycles.